The average molecular weight is 317 g/mol. The van der Waals surface area contributed by atoms with Crippen molar-refractivity contribution in [3.8, 4) is 0 Å². The van der Waals surface area contributed by atoms with E-state index in [1.165, 1.54) is 0 Å². The van der Waals surface area contributed by atoms with Gasteiger partial charge >= 0.3 is 0 Å². The van der Waals surface area contributed by atoms with Gasteiger partial charge in [0.05, 0.1) is 0 Å². The number of hydrogen-bond donors (Lipinski definition) is 1. The number of carbonyl (C=O) groups excluding carboxylic acids is 2. The number of rotatable bonds is 3. The Morgan fingerprint density at radius 3 is 2.13 bits per heavy atom. The number of amides is 2. The first kappa shape index (κ1) is 17.5. The molecule has 1 aliphatic rings. The molecule has 2 rings (SSSR count). The smallest absolute Gasteiger partial charge is 0.253 e. The van der Waals surface area contributed by atoms with Crippen LogP contribution in [0, 0.1) is 5.41 Å². The Morgan fingerprint density at radius 2 is 1.61 bits per heavy atom. The van der Waals surface area contributed by atoms with Gasteiger partial charge in [0, 0.05) is 43.7 Å². The van der Waals surface area contributed by atoms with E-state index in [1.807, 2.05) is 49.9 Å². The molecule has 0 saturated carbocycles. The van der Waals surface area contributed by atoms with Crippen LogP contribution in [0.15, 0.2) is 24.3 Å². The molecule has 1 aromatic rings. The highest BCUT2D eigenvalue weighted by atomic mass is 16.2. The summed E-state index contributed by atoms with van der Waals surface area (Å²) in [4.78, 5) is 28.4. The molecular formula is C18H27N3O2. The Bertz CT molecular complexity index is 553. The summed E-state index contributed by atoms with van der Waals surface area (Å²) in [7, 11) is 2.07. The van der Waals surface area contributed by atoms with E-state index in [9.17, 15) is 9.59 Å². The van der Waals surface area contributed by atoms with Crippen LogP contribution in [0.5, 0.6) is 0 Å². The van der Waals surface area contributed by atoms with Crippen LogP contribution in [-0.2, 0) is 11.3 Å². The first-order chi connectivity index (χ1) is 10.8. The molecule has 1 saturated heterocycles. The number of nitrogens with zero attached hydrogens (tertiary/aromatic N) is 2. The average Bonchev–Trinajstić information content (AvgIpc) is 2.52. The lowest BCUT2D eigenvalue weighted by atomic mass is 9.95. The number of carbonyl (C=O) groups is 2. The van der Waals surface area contributed by atoms with Crippen LogP contribution >= 0.6 is 0 Å². The highest BCUT2D eigenvalue weighted by Gasteiger charge is 2.21. The summed E-state index contributed by atoms with van der Waals surface area (Å²) in [5.41, 5.74) is 1.31. The van der Waals surface area contributed by atoms with Crippen molar-refractivity contribution < 1.29 is 9.59 Å². The lowest BCUT2D eigenvalue weighted by molar-refractivity contribution is -0.128. The number of piperazine rings is 1. The van der Waals surface area contributed by atoms with Gasteiger partial charge in [-0.25, -0.2) is 0 Å². The molecule has 0 radical (unpaired) electrons. The summed E-state index contributed by atoms with van der Waals surface area (Å²) in [6.07, 6.45) is 0. The van der Waals surface area contributed by atoms with Crippen molar-refractivity contribution in [2.24, 2.45) is 5.41 Å². The number of likely N-dealkylation sites (N-methyl/N-ethyl adjacent to an activating group) is 1. The minimum Gasteiger partial charge on any atom is -0.352 e. The molecule has 1 fully saturated rings. The van der Waals surface area contributed by atoms with Gasteiger partial charge in [0.15, 0.2) is 0 Å². The zero-order valence-corrected chi connectivity index (χ0v) is 14.6. The van der Waals surface area contributed by atoms with Gasteiger partial charge in [-0.1, -0.05) is 32.9 Å². The van der Waals surface area contributed by atoms with E-state index in [0.717, 1.165) is 31.7 Å². The summed E-state index contributed by atoms with van der Waals surface area (Å²) in [6, 6.07) is 7.51. The Kier molecular flexibility index (Phi) is 5.42. The van der Waals surface area contributed by atoms with Gasteiger partial charge < -0.3 is 15.1 Å². The molecular weight excluding hydrogens is 290 g/mol. The lowest BCUT2D eigenvalue weighted by Gasteiger charge is -2.32. The number of benzene rings is 1. The molecule has 0 bridgehead atoms. The van der Waals surface area contributed by atoms with Crippen molar-refractivity contribution in [2.75, 3.05) is 33.2 Å². The van der Waals surface area contributed by atoms with E-state index in [4.69, 9.17) is 0 Å². The molecule has 1 aliphatic heterocycles. The van der Waals surface area contributed by atoms with Crippen molar-refractivity contribution >= 4 is 11.8 Å². The topological polar surface area (TPSA) is 52.6 Å². The highest BCUT2D eigenvalue weighted by Crippen LogP contribution is 2.14. The van der Waals surface area contributed by atoms with Gasteiger partial charge in [0.25, 0.3) is 5.91 Å². The molecule has 0 spiro atoms. The van der Waals surface area contributed by atoms with Crippen LogP contribution in [0.3, 0.4) is 0 Å². The molecule has 5 heteroatoms. The van der Waals surface area contributed by atoms with E-state index < -0.39 is 5.41 Å². The Hall–Kier alpha value is -1.88. The standard InChI is InChI=1S/C18H27N3O2/c1-18(2,3)17(23)19-13-14-5-7-15(8-6-14)16(22)21-11-9-20(4)10-12-21/h5-8H,9-13H2,1-4H3,(H,19,23). The van der Waals surface area contributed by atoms with Gasteiger partial charge in [-0.3, -0.25) is 9.59 Å². The molecule has 23 heavy (non-hydrogen) atoms. The molecule has 0 aromatic heterocycles. The van der Waals surface area contributed by atoms with Crippen LogP contribution in [0.1, 0.15) is 36.7 Å². The fraction of sp³-hybridized carbons (Fsp3) is 0.556. The lowest BCUT2D eigenvalue weighted by Crippen LogP contribution is -2.47. The Labute approximate surface area is 138 Å². The summed E-state index contributed by atoms with van der Waals surface area (Å²) in [5, 5.41) is 2.92. The van der Waals surface area contributed by atoms with E-state index in [0.29, 0.717) is 12.1 Å². The number of nitrogens with one attached hydrogen (secondary N) is 1. The summed E-state index contributed by atoms with van der Waals surface area (Å²) >= 11 is 0. The monoisotopic (exact) mass is 317 g/mol. The first-order valence-corrected chi connectivity index (χ1v) is 8.12. The van der Waals surface area contributed by atoms with Crippen LogP contribution in [0.25, 0.3) is 0 Å². The van der Waals surface area contributed by atoms with Crippen LogP contribution in [0.4, 0.5) is 0 Å². The van der Waals surface area contributed by atoms with Crippen molar-refractivity contribution in [1.82, 2.24) is 15.1 Å². The minimum absolute atomic E-state index is 0.0232. The van der Waals surface area contributed by atoms with Crippen LogP contribution < -0.4 is 5.32 Å². The summed E-state index contributed by atoms with van der Waals surface area (Å²) in [6.45, 7) is 9.54. The molecule has 2 amide bonds. The second kappa shape index (κ2) is 7.13. The van der Waals surface area contributed by atoms with Crippen molar-refractivity contribution in [1.29, 1.82) is 0 Å². The zero-order valence-electron chi connectivity index (χ0n) is 14.6. The van der Waals surface area contributed by atoms with Gasteiger partial charge in [-0.15, -0.1) is 0 Å². The van der Waals surface area contributed by atoms with Crippen molar-refractivity contribution in [3.63, 3.8) is 0 Å². The van der Waals surface area contributed by atoms with E-state index in [-0.39, 0.29) is 11.8 Å². The molecule has 1 N–H and O–H groups in total. The molecule has 1 heterocycles. The summed E-state index contributed by atoms with van der Waals surface area (Å²) < 4.78 is 0. The third kappa shape index (κ3) is 4.79. The van der Waals surface area contributed by atoms with Crippen molar-refractivity contribution in [3.05, 3.63) is 35.4 Å². The van der Waals surface area contributed by atoms with E-state index >= 15 is 0 Å². The molecule has 1 aromatic carbocycles. The Morgan fingerprint density at radius 1 is 1.04 bits per heavy atom. The normalized spacial score (nSPS) is 16.3. The molecule has 5 nitrogen and oxygen atoms in total. The SMILES string of the molecule is CN1CCN(C(=O)c2ccc(CNC(=O)C(C)(C)C)cc2)CC1. The molecule has 0 unspecified atom stereocenters. The van der Waals surface area contributed by atoms with E-state index in [2.05, 4.69) is 17.3 Å². The minimum atomic E-state index is -0.392. The Balaban J connectivity index is 1.91. The van der Waals surface area contributed by atoms with Crippen molar-refractivity contribution in [2.45, 2.75) is 27.3 Å². The predicted molar refractivity (Wildman–Crippen MR) is 91.1 cm³/mol. The molecule has 0 aliphatic carbocycles. The summed E-state index contributed by atoms with van der Waals surface area (Å²) in [5.74, 6) is 0.110. The van der Waals surface area contributed by atoms with Gasteiger partial charge in [0.2, 0.25) is 5.91 Å². The first-order valence-electron chi connectivity index (χ1n) is 8.12. The maximum atomic E-state index is 12.5. The second-order valence-corrected chi connectivity index (χ2v) is 7.23. The third-order valence-corrected chi connectivity index (χ3v) is 4.13. The van der Waals surface area contributed by atoms with Crippen LogP contribution in [0.2, 0.25) is 0 Å². The van der Waals surface area contributed by atoms with E-state index in [1.54, 1.807) is 0 Å². The van der Waals surface area contributed by atoms with Gasteiger partial charge in [-0.05, 0) is 24.7 Å². The van der Waals surface area contributed by atoms with Crippen LogP contribution in [-0.4, -0.2) is 54.8 Å². The second-order valence-electron chi connectivity index (χ2n) is 7.23. The molecule has 126 valence electrons. The predicted octanol–water partition coefficient (Wildman–Crippen LogP) is 1.74. The zero-order chi connectivity index (χ0) is 17.0. The third-order valence-electron chi connectivity index (χ3n) is 4.13. The molecule has 0 atom stereocenters. The van der Waals surface area contributed by atoms with Gasteiger partial charge in [-0.2, -0.15) is 0 Å². The fourth-order valence-corrected chi connectivity index (χ4v) is 2.40. The number of hydrogen-bond acceptors (Lipinski definition) is 3. The highest BCUT2D eigenvalue weighted by molar-refractivity contribution is 5.94. The quantitative estimate of drug-likeness (QED) is 0.924. The van der Waals surface area contributed by atoms with Gasteiger partial charge in [0.1, 0.15) is 0 Å². The largest absolute Gasteiger partial charge is 0.352 e. The maximum Gasteiger partial charge on any atom is 0.253 e. The maximum absolute atomic E-state index is 12.5. The fourth-order valence-electron chi connectivity index (χ4n) is 2.40.